The highest BCUT2D eigenvalue weighted by Crippen LogP contribution is 2.30. The average molecular weight is 493 g/mol. The summed E-state index contributed by atoms with van der Waals surface area (Å²) in [5, 5.41) is 9.95. The topological polar surface area (TPSA) is 70.5 Å². The Morgan fingerprint density at radius 2 is 1.68 bits per heavy atom. The summed E-state index contributed by atoms with van der Waals surface area (Å²) in [5.74, 6) is -0.333. The molecular formula is C32H32N2O3. The molecule has 3 aromatic carbocycles. The highest BCUT2D eigenvalue weighted by Gasteiger charge is 2.25. The normalized spacial score (nSPS) is 15.6. The van der Waals surface area contributed by atoms with E-state index in [2.05, 4.69) is 30.3 Å². The SMILES string of the molecule is O=C(O)CCCCc1cc2cc(C(=O)N3CCCC(c4ccccc4)C3)ccc2nc1-c1ccccc1. The lowest BCUT2D eigenvalue weighted by atomic mass is 9.90. The highest BCUT2D eigenvalue weighted by molar-refractivity contribution is 5.98. The van der Waals surface area contributed by atoms with E-state index in [1.807, 2.05) is 59.5 Å². The number of nitrogens with zero attached hydrogens (tertiary/aromatic N) is 2. The van der Waals surface area contributed by atoms with Gasteiger partial charge in [0.2, 0.25) is 0 Å². The number of amides is 1. The van der Waals surface area contributed by atoms with E-state index in [1.165, 1.54) is 5.56 Å². The van der Waals surface area contributed by atoms with Crippen molar-refractivity contribution in [3.05, 3.63) is 102 Å². The van der Waals surface area contributed by atoms with Crippen LogP contribution in [0.1, 0.15) is 59.5 Å². The summed E-state index contributed by atoms with van der Waals surface area (Å²) >= 11 is 0. The van der Waals surface area contributed by atoms with Crippen molar-refractivity contribution in [2.24, 2.45) is 0 Å². The number of rotatable bonds is 8. The van der Waals surface area contributed by atoms with Gasteiger partial charge in [0.15, 0.2) is 0 Å². The van der Waals surface area contributed by atoms with E-state index >= 15 is 0 Å². The van der Waals surface area contributed by atoms with E-state index in [0.717, 1.165) is 66.5 Å². The molecule has 4 aromatic rings. The van der Waals surface area contributed by atoms with Crippen LogP contribution in [0.15, 0.2) is 84.9 Å². The zero-order valence-electron chi connectivity index (χ0n) is 21.0. The van der Waals surface area contributed by atoms with Gasteiger partial charge in [0.05, 0.1) is 11.2 Å². The van der Waals surface area contributed by atoms with Crippen LogP contribution < -0.4 is 0 Å². The molecule has 188 valence electrons. The zero-order valence-corrected chi connectivity index (χ0v) is 21.0. The molecule has 5 rings (SSSR count). The minimum absolute atomic E-state index is 0.0673. The standard InChI is InChI=1S/C32H32N2O3/c35-30(36)16-8-7-14-25-20-28-21-26(17-18-29(28)33-31(25)24-12-5-2-6-13-24)32(37)34-19-9-15-27(22-34)23-10-3-1-4-11-23/h1-6,10-13,17-18,20-21,27H,7-9,14-16,19,22H2,(H,35,36). The van der Waals surface area contributed by atoms with Crippen molar-refractivity contribution < 1.29 is 14.7 Å². The summed E-state index contributed by atoms with van der Waals surface area (Å²) in [6.07, 6.45) is 4.40. The molecule has 0 bridgehead atoms. The third-order valence-electron chi connectivity index (χ3n) is 7.25. The minimum Gasteiger partial charge on any atom is -0.481 e. The number of likely N-dealkylation sites (tertiary alicyclic amines) is 1. The number of pyridine rings is 1. The molecular weight excluding hydrogens is 460 g/mol. The van der Waals surface area contributed by atoms with Crippen LogP contribution >= 0.6 is 0 Å². The number of hydrogen-bond donors (Lipinski definition) is 1. The number of carbonyl (C=O) groups is 2. The molecule has 0 spiro atoms. The molecule has 37 heavy (non-hydrogen) atoms. The van der Waals surface area contributed by atoms with Gasteiger partial charge < -0.3 is 10.0 Å². The van der Waals surface area contributed by atoms with Gasteiger partial charge in [-0.05, 0) is 67.5 Å². The fraction of sp³-hybridized carbons (Fsp3) is 0.281. The van der Waals surface area contributed by atoms with Crippen LogP contribution in [0, 0.1) is 0 Å². The Kier molecular flexibility index (Phi) is 7.59. The van der Waals surface area contributed by atoms with Crippen LogP contribution in [0.2, 0.25) is 0 Å². The van der Waals surface area contributed by atoms with Gasteiger partial charge in [0.25, 0.3) is 5.91 Å². The summed E-state index contributed by atoms with van der Waals surface area (Å²) in [7, 11) is 0. The first-order valence-electron chi connectivity index (χ1n) is 13.1. The van der Waals surface area contributed by atoms with Crippen LogP contribution in [-0.2, 0) is 11.2 Å². The lowest BCUT2D eigenvalue weighted by molar-refractivity contribution is -0.137. The Bertz CT molecular complexity index is 1390. The largest absolute Gasteiger partial charge is 0.481 e. The van der Waals surface area contributed by atoms with Gasteiger partial charge in [-0.2, -0.15) is 0 Å². The average Bonchev–Trinajstić information content (AvgIpc) is 2.95. The minimum atomic E-state index is -0.768. The van der Waals surface area contributed by atoms with Crippen LogP contribution in [0.25, 0.3) is 22.2 Å². The van der Waals surface area contributed by atoms with Crippen LogP contribution in [0.3, 0.4) is 0 Å². The second kappa shape index (κ2) is 11.4. The van der Waals surface area contributed by atoms with Gasteiger partial charge in [-0.15, -0.1) is 0 Å². The fourth-order valence-corrected chi connectivity index (χ4v) is 5.32. The molecule has 0 radical (unpaired) electrons. The fourth-order valence-electron chi connectivity index (χ4n) is 5.32. The van der Waals surface area contributed by atoms with Crippen LogP contribution in [-0.4, -0.2) is 40.0 Å². The number of carbonyl (C=O) groups excluding carboxylic acids is 1. The number of carboxylic acids is 1. The van der Waals surface area contributed by atoms with Crippen molar-refractivity contribution in [1.82, 2.24) is 9.88 Å². The molecule has 1 aliphatic rings. The van der Waals surface area contributed by atoms with Gasteiger partial charge in [-0.25, -0.2) is 4.98 Å². The molecule has 0 saturated carbocycles. The number of hydrogen-bond acceptors (Lipinski definition) is 3. The molecule has 1 saturated heterocycles. The van der Waals surface area contributed by atoms with Crippen molar-refractivity contribution in [2.45, 2.75) is 44.4 Å². The molecule has 1 aromatic heterocycles. The second-order valence-corrected chi connectivity index (χ2v) is 9.87. The maximum Gasteiger partial charge on any atom is 0.303 e. The zero-order chi connectivity index (χ0) is 25.6. The number of fused-ring (bicyclic) bond motifs is 1. The van der Waals surface area contributed by atoms with Crippen molar-refractivity contribution in [2.75, 3.05) is 13.1 Å². The Morgan fingerprint density at radius 3 is 2.43 bits per heavy atom. The van der Waals surface area contributed by atoms with Gasteiger partial charge in [-0.1, -0.05) is 60.7 Å². The first kappa shape index (κ1) is 24.7. The number of aromatic nitrogens is 1. The first-order valence-corrected chi connectivity index (χ1v) is 13.1. The number of unbranched alkanes of at least 4 members (excludes halogenated alkanes) is 1. The molecule has 1 amide bonds. The lowest BCUT2D eigenvalue weighted by Crippen LogP contribution is -2.39. The highest BCUT2D eigenvalue weighted by atomic mass is 16.4. The van der Waals surface area contributed by atoms with Gasteiger partial charge in [0.1, 0.15) is 0 Å². The van der Waals surface area contributed by atoms with Crippen LogP contribution in [0.5, 0.6) is 0 Å². The first-order chi connectivity index (χ1) is 18.1. The van der Waals surface area contributed by atoms with E-state index < -0.39 is 5.97 Å². The van der Waals surface area contributed by atoms with Crippen molar-refractivity contribution in [3.8, 4) is 11.3 Å². The summed E-state index contributed by atoms with van der Waals surface area (Å²) < 4.78 is 0. The molecule has 1 atom stereocenters. The van der Waals surface area contributed by atoms with E-state index in [-0.39, 0.29) is 12.3 Å². The quantitative estimate of drug-likeness (QED) is 0.277. The number of piperidine rings is 1. The predicted octanol–water partition coefficient (Wildman–Crippen LogP) is 6.72. The molecule has 2 heterocycles. The van der Waals surface area contributed by atoms with Crippen molar-refractivity contribution in [1.29, 1.82) is 0 Å². The Labute approximate surface area is 217 Å². The number of carboxylic acid groups (broad SMARTS) is 1. The van der Waals surface area contributed by atoms with Gasteiger partial charge in [0, 0.05) is 41.9 Å². The Morgan fingerprint density at radius 1 is 0.919 bits per heavy atom. The Balaban J connectivity index is 1.41. The van der Waals surface area contributed by atoms with E-state index in [4.69, 9.17) is 10.1 Å². The molecule has 1 unspecified atom stereocenters. The number of aliphatic carboxylic acids is 1. The molecule has 5 nitrogen and oxygen atoms in total. The van der Waals surface area contributed by atoms with Crippen molar-refractivity contribution >= 4 is 22.8 Å². The number of benzene rings is 3. The maximum atomic E-state index is 13.5. The summed E-state index contributed by atoms with van der Waals surface area (Å²) in [6, 6.07) is 28.5. The van der Waals surface area contributed by atoms with Gasteiger partial charge in [-0.3, -0.25) is 9.59 Å². The third kappa shape index (κ3) is 5.88. The number of aryl methyl sites for hydroxylation is 1. The third-order valence-corrected chi connectivity index (χ3v) is 7.25. The van der Waals surface area contributed by atoms with E-state index in [9.17, 15) is 9.59 Å². The molecule has 5 heteroatoms. The van der Waals surface area contributed by atoms with Crippen molar-refractivity contribution in [3.63, 3.8) is 0 Å². The van der Waals surface area contributed by atoms with Gasteiger partial charge >= 0.3 is 5.97 Å². The molecule has 1 fully saturated rings. The van der Waals surface area contributed by atoms with Crippen LogP contribution in [0.4, 0.5) is 0 Å². The predicted molar refractivity (Wildman–Crippen MR) is 147 cm³/mol. The molecule has 1 aliphatic heterocycles. The monoisotopic (exact) mass is 492 g/mol. The lowest BCUT2D eigenvalue weighted by Gasteiger charge is -2.33. The van der Waals surface area contributed by atoms with E-state index in [1.54, 1.807) is 0 Å². The summed E-state index contributed by atoms with van der Waals surface area (Å²) in [5.41, 5.74) is 5.87. The molecule has 1 N–H and O–H groups in total. The summed E-state index contributed by atoms with van der Waals surface area (Å²) in [4.78, 5) is 31.4. The van der Waals surface area contributed by atoms with E-state index in [0.29, 0.717) is 17.9 Å². The summed E-state index contributed by atoms with van der Waals surface area (Å²) in [6.45, 7) is 1.52. The smallest absolute Gasteiger partial charge is 0.303 e. The Hall–Kier alpha value is -3.99. The molecule has 0 aliphatic carbocycles. The maximum absolute atomic E-state index is 13.5. The second-order valence-electron chi connectivity index (χ2n) is 9.87.